The molecule has 122 valence electrons. The van der Waals surface area contributed by atoms with Gasteiger partial charge >= 0.3 is 0 Å². The van der Waals surface area contributed by atoms with Gasteiger partial charge in [0.2, 0.25) is 0 Å². The summed E-state index contributed by atoms with van der Waals surface area (Å²) < 4.78 is 20.8. The number of hydrogen-bond acceptors (Lipinski definition) is 7. The Bertz CT molecular complexity index is 297. The number of aliphatic hydroxyl groups excluding tert-OH is 1. The topological polar surface area (TPSA) is 123 Å². The van der Waals surface area contributed by atoms with Gasteiger partial charge in [0, 0.05) is 17.9 Å². The molecule has 9 heteroatoms. The molecule has 0 aromatic rings. The van der Waals surface area contributed by atoms with E-state index in [-0.39, 0.29) is 12.2 Å². The van der Waals surface area contributed by atoms with Crippen LogP contribution in [0, 0.1) is 0 Å². The number of rotatable bonds is 16. The largest absolute Gasteiger partial charge is 0.389 e. The molecule has 1 N–H and O–H groups in total. The highest BCUT2D eigenvalue weighted by molar-refractivity contribution is 5.79. The summed E-state index contributed by atoms with van der Waals surface area (Å²) in [7, 11) is 0. The summed E-state index contributed by atoms with van der Waals surface area (Å²) in [5.41, 5.74) is 8.02. The van der Waals surface area contributed by atoms with E-state index >= 15 is 0 Å². The Morgan fingerprint density at radius 1 is 0.905 bits per heavy atom. The van der Waals surface area contributed by atoms with Crippen molar-refractivity contribution in [2.75, 3.05) is 66.0 Å². The average molecular weight is 305 g/mol. The molecule has 0 aromatic heterocycles. The highest BCUT2D eigenvalue weighted by atomic mass is 16.6. The number of carbonyl (C=O) groups is 1. The van der Waals surface area contributed by atoms with Crippen molar-refractivity contribution in [3.63, 3.8) is 0 Å². The van der Waals surface area contributed by atoms with Gasteiger partial charge in [-0.05, 0) is 5.53 Å². The van der Waals surface area contributed by atoms with Crippen molar-refractivity contribution in [1.82, 2.24) is 0 Å². The second-order valence-electron chi connectivity index (χ2n) is 3.85. The van der Waals surface area contributed by atoms with E-state index in [1.54, 1.807) is 0 Å². The van der Waals surface area contributed by atoms with Gasteiger partial charge in [-0.1, -0.05) is 5.11 Å². The van der Waals surface area contributed by atoms with E-state index < -0.39 is 6.61 Å². The van der Waals surface area contributed by atoms with Gasteiger partial charge in [0.15, 0.2) is 5.78 Å². The van der Waals surface area contributed by atoms with Crippen molar-refractivity contribution < 1.29 is 28.8 Å². The van der Waals surface area contributed by atoms with Crippen molar-refractivity contribution in [3.8, 4) is 0 Å². The van der Waals surface area contributed by atoms with Crippen LogP contribution in [0.25, 0.3) is 10.4 Å². The normalized spacial score (nSPS) is 10.3. The van der Waals surface area contributed by atoms with Crippen LogP contribution in [0.1, 0.15) is 6.42 Å². The number of hydrogen-bond donors (Lipinski definition) is 1. The molecule has 0 spiro atoms. The van der Waals surface area contributed by atoms with Crippen molar-refractivity contribution in [2.24, 2.45) is 5.11 Å². The Morgan fingerprint density at radius 3 is 1.86 bits per heavy atom. The fourth-order valence-electron chi connectivity index (χ4n) is 1.18. The van der Waals surface area contributed by atoms with Gasteiger partial charge in [-0.2, -0.15) is 0 Å². The first-order valence-corrected chi connectivity index (χ1v) is 6.75. The fraction of sp³-hybridized carbons (Fsp3) is 0.917. The van der Waals surface area contributed by atoms with Gasteiger partial charge in [0.1, 0.15) is 6.61 Å². The van der Waals surface area contributed by atoms with Crippen LogP contribution in [0.5, 0.6) is 0 Å². The van der Waals surface area contributed by atoms with Crippen LogP contribution in [-0.2, 0) is 23.7 Å². The summed E-state index contributed by atoms with van der Waals surface area (Å²) in [6, 6.07) is 0. The number of carbonyl (C=O) groups excluding carboxylic acids is 1. The molecule has 0 fully saturated rings. The molecule has 0 aromatic carbocycles. The monoisotopic (exact) mass is 305 g/mol. The van der Waals surface area contributed by atoms with E-state index in [0.29, 0.717) is 59.4 Å². The summed E-state index contributed by atoms with van der Waals surface area (Å²) in [5, 5.41) is 11.8. The molecule has 9 nitrogen and oxygen atoms in total. The minimum Gasteiger partial charge on any atom is -0.389 e. The number of nitrogens with zero attached hydrogens (tertiary/aromatic N) is 3. The molecule has 0 aliphatic carbocycles. The number of aliphatic hydroxyl groups is 1. The second-order valence-corrected chi connectivity index (χ2v) is 3.85. The summed E-state index contributed by atoms with van der Waals surface area (Å²) in [4.78, 5) is 13.3. The van der Waals surface area contributed by atoms with Crippen LogP contribution in [-0.4, -0.2) is 76.9 Å². The summed E-state index contributed by atoms with van der Waals surface area (Å²) in [6.07, 6.45) is 0.222. The van der Waals surface area contributed by atoms with E-state index in [4.69, 9.17) is 29.6 Å². The van der Waals surface area contributed by atoms with Gasteiger partial charge < -0.3 is 24.1 Å². The quantitative estimate of drug-likeness (QED) is 0.189. The zero-order valence-corrected chi connectivity index (χ0v) is 12.1. The molecule has 0 saturated heterocycles. The second kappa shape index (κ2) is 16.8. The molecule has 0 aliphatic heterocycles. The van der Waals surface area contributed by atoms with Crippen molar-refractivity contribution >= 4 is 5.78 Å². The third kappa shape index (κ3) is 16.7. The number of ether oxygens (including phenoxy) is 4. The van der Waals surface area contributed by atoms with Crippen LogP contribution >= 0.6 is 0 Å². The van der Waals surface area contributed by atoms with E-state index in [1.807, 2.05) is 0 Å². The third-order valence-electron chi connectivity index (χ3n) is 2.22. The third-order valence-corrected chi connectivity index (χ3v) is 2.22. The Balaban J connectivity index is 3.02. The molecule has 21 heavy (non-hydrogen) atoms. The van der Waals surface area contributed by atoms with Crippen molar-refractivity contribution in [3.05, 3.63) is 10.4 Å². The Labute approximate surface area is 123 Å². The molecule has 0 rings (SSSR count). The van der Waals surface area contributed by atoms with Gasteiger partial charge in [-0.25, -0.2) is 0 Å². The number of azide groups is 1. The zero-order valence-electron chi connectivity index (χ0n) is 12.1. The highest BCUT2D eigenvalue weighted by Gasteiger charge is 1.98. The zero-order chi connectivity index (χ0) is 15.6. The fourth-order valence-corrected chi connectivity index (χ4v) is 1.18. The first kappa shape index (κ1) is 19.8. The lowest BCUT2D eigenvalue weighted by atomic mass is 10.3. The SMILES string of the molecule is [N-]=[N+]=NCCOCCOCCOCCOCCC(=O)CO. The number of Topliss-reactive ketones (excluding diaryl/α,β-unsaturated/α-hetero) is 1. The average Bonchev–Trinajstić information content (AvgIpc) is 2.50. The Hall–Kier alpha value is -1.22. The van der Waals surface area contributed by atoms with Crippen LogP contribution in [0.3, 0.4) is 0 Å². The molecule has 0 heterocycles. The van der Waals surface area contributed by atoms with E-state index in [0.717, 1.165) is 0 Å². The van der Waals surface area contributed by atoms with Crippen molar-refractivity contribution in [1.29, 1.82) is 0 Å². The lowest BCUT2D eigenvalue weighted by Crippen LogP contribution is -2.13. The predicted octanol–water partition coefficient (Wildman–Crippen LogP) is 0.315. The molecule has 0 amide bonds. The molecule has 0 atom stereocenters. The lowest BCUT2D eigenvalue weighted by molar-refractivity contribution is -0.122. The highest BCUT2D eigenvalue weighted by Crippen LogP contribution is 1.86. The van der Waals surface area contributed by atoms with E-state index in [2.05, 4.69) is 10.0 Å². The summed E-state index contributed by atoms with van der Waals surface area (Å²) in [5.74, 6) is -0.231. The Kier molecular flexibility index (Phi) is 15.9. The standard InChI is InChI=1S/C12H23N3O6/c13-15-14-2-4-19-6-8-21-10-9-20-7-5-18-3-1-12(17)11-16/h16H,1-11H2. The molecule has 0 unspecified atom stereocenters. The molecular formula is C12H23N3O6. The molecule has 0 aliphatic rings. The van der Waals surface area contributed by atoms with Gasteiger partial charge in [-0.3, -0.25) is 4.79 Å². The summed E-state index contributed by atoms with van der Waals surface area (Å²) in [6.45, 7) is 3.23. The first-order valence-electron chi connectivity index (χ1n) is 6.75. The van der Waals surface area contributed by atoms with Crippen LogP contribution < -0.4 is 0 Å². The predicted molar refractivity (Wildman–Crippen MR) is 74.0 cm³/mol. The van der Waals surface area contributed by atoms with Crippen LogP contribution in [0.2, 0.25) is 0 Å². The minimum atomic E-state index is -0.438. The summed E-state index contributed by atoms with van der Waals surface area (Å²) >= 11 is 0. The smallest absolute Gasteiger partial charge is 0.160 e. The van der Waals surface area contributed by atoms with Crippen LogP contribution in [0.4, 0.5) is 0 Å². The maximum atomic E-state index is 10.7. The minimum absolute atomic E-state index is 0.222. The first-order chi connectivity index (χ1) is 10.3. The van der Waals surface area contributed by atoms with Crippen molar-refractivity contribution in [2.45, 2.75) is 6.42 Å². The maximum absolute atomic E-state index is 10.7. The van der Waals surface area contributed by atoms with E-state index in [1.165, 1.54) is 0 Å². The number of ketones is 1. The van der Waals surface area contributed by atoms with E-state index in [9.17, 15) is 4.79 Å². The van der Waals surface area contributed by atoms with Gasteiger partial charge in [0.25, 0.3) is 0 Å². The maximum Gasteiger partial charge on any atom is 0.160 e. The van der Waals surface area contributed by atoms with Crippen LogP contribution in [0.15, 0.2) is 5.11 Å². The van der Waals surface area contributed by atoms with Gasteiger partial charge in [-0.15, -0.1) is 0 Å². The molecule has 0 saturated carbocycles. The molecular weight excluding hydrogens is 282 g/mol. The van der Waals surface area contributed by atoms with Gasteiger partial charge in [0.05, 0.1) is 52.9 Å². The Morgan fingerprint density at radius 2 is 1.38 bits per heavy atom. The lowest BCUT2D eigenvalue weighted by Gasteiger charge is -2.06. The molecule has 0 bridgehead atoms. The molecule has 0 radical (unpaired) electrons.